The molecule has 1 aliphatic heterocycles. The molecule has 0 aliphatic carbocycles. The van der Waals surface area contributed by atoms with Gasteiger partial charge in [-0.2, -0.15) is 0 Å². The zero-order valence-corrected chi connectivity index (χ0v) is 15.8. The number of rotatable bonds is 5. The number of hydrogen-bond donors (Lipinski definition) is 0. The van der Waals surface area contributed by atoms with Crippen LogP contribution in [0.2, 0.25) is 0 Å². The second kappa shape index (κ2) is 7.50. The number of carbonyl (C=O) groups excluding carboxylic acids is 1. The van der Waals surface area contributed by atoms with Crippen molar-refractivity contribution in [2.24, 2.45) is 0 Å². The van der Waals surface area contributed by atoms with Gasteiger partial charge < -0.3 is 4.74 Å². The Labute approximate surface area is 154 Å². The fourth-order valence-corrected chi connectivity index (χ4v) is 4.83. The second-order valence-corrected chi connectivity index (χ2v) is 8.31. The summed E-state index contributed by atoms with van der Waals surface area (Å²) in [4.78, 5) is 12.2. The summed E-state index contributed by atoms with van der Waals surface area (Å²) in [5.41, 5.74) is 2.54. The van der Waals surface area contributed by atoms with Gasteiger partial charge in [-0.25, -0.2) is 8.42 Å². The molecule has 1 heterocycles. The van der Waals surface area contributed by atoms with Crippen LogP contribution in [-0.2, 0) is 19.6 Å². The SMILES string of the molecule is CCOC(=O)C[C@@H]1CCN(S(=O)(=O)c2ccc(C)cc2)c2ccccc21. The van der Waals surface area contributed by atoms with Crippen LogP contribution in [0.5, 0.6) is 0 Å². The fourth-order valence-electron chi connectivity index (χ4n) is 3.33. The Morgan fingerprint density at radius 2 is 1.85 bits per heavy atom. The van der Waals surface area contributed by atoms with E-state index >= 15 is 0 Å². The van der Waals surface area contributed by atoms with Crippen LogP contribution in [0.4, 0.5) is 5.69 Å². The van der Waals surface area contributed by atoms with Crippen molar-refractivity contribution in [1.29, 1.82) is 0 Å². The third-order valence-corrected chi connectivity index (χ3v) is 6.48. The summed E-state index contributed by atoms with van der Waals surface area (Å²) in [6.45, 7) is 4.40. The van der Waals surface area contributed by atoms with Gasteiger partial charge in [0.1, 0.15) is 0 Å². The molecule has 138 valence electrons. The molecule has 0 aromatic heterocycles. The molecular weight excluding hydrogens is 350 g/mol. The van der Waals surface area contributed by atoms with E-state index in [4.69, 9.17) is 4.74 Å². The predicted molar refractivity (Wildman–Crippen MR) is 101 cm³/mol. The third-order valence-electron chi connectivity index (χ3n) is 4.65. The molecule has 0 saturated carbocycles. The van der Waals surface area contributed by atoms with Gasteiger partial charge in [0.05, 0.1) is 23.6 Å². The normalized spacial score (nSPS) is 16.8. The van der Waals surface area contributed by atoms with E-state index in [1.165, 1.54) is 4.31 Å². The van der Waals surface area contributed by atoms with Crippen LogP contribution in [-0.4, -0.2) is 27.5 Å². The smallest absolute Gasteiger partial charge is 0.306 e. The first-order chi connectivity index (χ1) is 12.4. The van der Waals surface area contributed by atoms with E-state index in [9.17, 15) is 13.2 Å². The highest BCUT2D eigenvalue weighted by atomic mass is 32.2. The Morgan fingerprint density at radius 1 is 1.15 bits per heavy atom. The second-order valence-electron chi connectivity index (χ2n) is 6.44. The fraction of sp³-hybridized carbons (Fsp3) is 0.350. The molecule has 0 radical (unpaired) electrons. The van der Waals surface area contributed by atoms with E-state index < -0.39 is 10.0 Å². The molecule has 6 heteroatoms. The number of esters is 1. The number of carbonyl (C=O) groups is 1. The van der Waals surface area contributed by atoms with Crippen LogP contribution in [0.1, 0.15) is 36.8 Å². The Balaban J connectivity index is 1.95. The number of benzene rings is 2. The first-order valence-corrected chi connectivity index (χ1v) is 10.2. The first kappa shape index (κ1) is 18.5. The average Bonchev–Trinajstić information content (AvgIpc) is 2.62. The van der Waals surface area contributed by atoms with Gasteiger partial charge in [-0.1, -0.05) is 35.9 Å². The van der Waals surface area contributed by atoms with Gasteiger partial charge in [-0.05, 0) is 49.9 Å². The monoisotopic (exact) mass is 373 g/mol. The summed E-state index contributed by atoms with van der Waals surface area (Å²) >= 11 is 0. The first-order valence-electron chi connectivity index (χ1n) is 8.77. The highest BCUT2D eigenvalue weighted by molar-refractivity contribution is 7.92. The molecule has 0 N–H and O–H groups in total. The van der Waals surface area contributed by atoms with E-state index in [-0.39, 0.29) is 23.2 Å². The van der Waals surface area contributed by atoms with E-state index in [2.05, 4.69) is 0 Å². The van der Waals surface area contributed by atoms with Gasteiger partial charge in [-0.15, -0.1) is 0 Å². The molecule has 0 unspecified atom stereocenters. The van der Waals surface area contributed by atoms with Crippen molar-refractivity contribution in [3.63, 3.8) is 0 Å². The van der Waals surface area contributed by atoms with Gasteiger partial charge >= 0.3 is 5.97 Å². The summed E-state index contributed by atoms with van der Waals surface area (Å²) < 4.78 is 32.8. The lowest BCUT2D eigenvalue weighted by atomic mass is 9.88. The lowest BCUT2D eigenvalue weighted by Crippen LogP contribution is -2.37. The summed E-state index contributed by atoms with van der Waals surface area (Å²) in [7, 11) is -3.64. The zero-order chi connectivity index (χ0) is 18.7. The molecule has 1 atom stereocenters. The lowest BCUT2D eigenvalue weighted by Gasteiger charge is -2.34. The lowest BCUT2D eigenvalue weighted by molar-refractivity contribution is -0.143. The maximum atomic E-state index is 13.1. The predicted octanol–water partition coefficient (Wildman–Crippen LogP) is 3.63. The van der Waals surface area contributed by atoms with Crippen LogP contribution in [0.15, 0.2) is 53.4 Å². The molecule has 0 bridgehead atoms. The average molecular weight is 373 g/mol. The van der Waals surface area contributed by atoms with Gasteiger partial charge in [0.15, 0.2) is 0 Å². The summed E-state index contributed by atoms with van der Waals surface area (Å²) in [5.74, 6) is -0.281. The number of nitrogens with zero attached hydrogens (tertiary/aromatic N) is 1. The number of para-hydroxylation sites is 1. The number of aryl methyl sites for hydroxylation is 1. The van der Waals surface area contributed by atoms with Crippen molar-refractivity contribution in [3.8, 4) is 0 Å². The molecule has 2 aromatic rings. The van der Waals surface area contributed by atoms with Crippen molar-refractivity contribution in [1.82, 2.24) is 0 Å². The van der Waals surface area contributed by atoms with E-state index in [1.807, 2.05) is 25.1 Å². The van der Waals surface area contributed by atoms with Gasteiger partial charge in [-0.3, -0.25) is 9.10 Å². The van der Waals surface area contributed by atoms with Crippen molar-refractivity contribution in [3.05, 3.63) is 59.7 Å². The summed E-state index contributed by atoms with van der Waals surface area (Å²) in [6, 6.07) is 14.3. The standard InChI is InChI=1S/C20H23NO4S/c1-3-25-20(22)14-16-12-13-21(19-7-5-4-6-18(16)19)26(23,24)17-10-8-15(2)9-11-17/h4-11,16H,3,12-14H2,1-2H3/t16-/m0/s1. The highest BCUT2D eigenvalue weighted by Gasteiger charge is 2.33. The molecular formula is C20H23NO4S. The molecule has 0 amide bonds. The molecule has 1 aliphatic rings. The van der Waals surface area contributed by atoms with Crippen LogP contribution >= 0.6 is 0 Å². The Hall–Kier alpha value is -2.34. The molecule has 3 rings (SSSR count). The number of hydrogen-bond acceptors (Lipinski definition) is 4. The molecule has 0 fully saturated rings. The van der Waals surface area contributed by atoms with Gasteiger partial charge in [0, 0.05) is 6.54 Å². The summed E-state index contributed by atoms with van der Waals surface area (Å²) in [6.07, 6.45) is 0.851. The molecule has 0 spiro atoms. The molecule has 26 heavy (non-hydrogen) atoms. The Bertz CT molecular complexity index is 890. The minimum absolute atomic E-state index is 0.0327. The topological polar surface area (TPSA) is 63.7 Å². The maximum Gasteiger partial charge on any atom is 0.306 e. The molecule has 0 saturated heterocycles. The number of ether oxygens (including phenoxy) is 1. The van der Waals surface area contributed by atoms with Crippen molar-refractivity contribution in [2.45, 2.75) is 37.5 Å². The van der Waals surface area contributed by atoms with Crippen LogP contribution < -0.4 is 4.31 Å². The van der Waals surface area contributed by atoms with Crippen molar-refractivity contribution < 1.29 is 17.9 Å². The van der Waals surface area contributed by atoms with Crippen LogP contribution in [0, 0.1) is 6.92 Å². The third kappa shape index (κ3) is 3.60. The van der Waals surface area contributed by atoms with E-state index in [0.29, 0.717) is 25.3 Å². The van der Waals surface area contributed by atoms with Crippen molar-refractivity contribution >= 4 is 21.7 Å². The minimum Gasteiger partial charge on any atom is -0.466 e. The van der Waals surface area contributed by atoms with Gasteiger partial charge in [0.2, 0.25) is 0 Å². The maximum absolute atomic E-state index is 13.1. The Morgan fingerprint density at radius 3 is 2.54 bits per heavy atom. The zero-order valence-electron chi connectivity index (χ0n) is 15.0. The molecule has 5 nitrogen and oxygen atoms in total. The summed E-state index contributed by atoms with van der Waals surface area (Å²) in [5, 5.41) is 0. The van der Waals surface area contributed by atoms with Gasteiger partial charge in [0.25, 0.3) is 10.0 Å². The number of fused-ring (bicyclic) bond motifs is 1. The van der Waals surface area contributed by atoms with Crippen LogP contribution in [0.3, 0.4) is 0 Å². The van der Waals surface area contributed by atoms with Crippen molar-refractivity contribution in [2.75, 3.05) is 17.5 Å². The largest absolute Gasteiger partial charge is 0.466 e. The highest BCUT2D eigenvalue weighted by Crippen LogP contribution is 2.39. The van der Waals surface area contributed by atoms with E-state index in [1.54, 1.807) is 37.3 Å². The number of sulfonamides is 1. The minimum atomic E-state index is -3.64. The van der Waals surface area contributed by atoms with Crippen LogP contribution in [0.25, 0.3) is 0 Å². The Kier molecular flexibility index (Phi) is 5.32. The quantitative estimate of drug-likeness (QED) is 0.751. The molecule has 2 aromatic carbocycles. The number of anilines is 1. The van der Waals surface area contributed by atoms with E-state index in [0.717, 1.165) is 11.1 Å².